The van der Waals surface area contributed by atoms with Crippen molar-refractivity contribution < 1.29 is 9.53 Å². The summed E-state index contributed by atoms with van der Waals surface area (Å²) in [7, 11) is 0. The number of para-hydroxylation sites is 1. The van der Waals surface area contributed by atoms with E-state index in [4.69, 9.17) is 4.74 Å². The zero-order valence-corrected chi connectivity index (χ0v) is 16.6. The SMILES string of the molecule is CC1CN(CC(=O)Nc2ccccc2-c2ccccc2)CC(c2ccccc2)O1. The van der Waals surface area contributed by atoms with Crippen molar-refractivity contribution in [2.24, 2.45) is 0 Å². The molecule has 0 radical (unpaired) electrons. The van der Waals surface area contributed by atoms with Gasteiger partial charge in [0.25, 0.3) is 0 Å². The van der Waals surface area contributed by atoms with E-state index in [0.717, 1.165) is 28.9 Å². The summed E-state index contributed by atoms with van der Waals surface area (Å²) in [5.74, 6) is -0.00528. The van der Waals surface area contributed by atoms with Crippen LogP contribution in [0.5, 0.6) is 0 Å². The minimum absolute atomic E-state index is 0.00528. The van der Waals surface area contributed by atoms with Crippen LogP contribution >= 0.6 is 0 Å². The average Bonchev–Trinajstić information content (AvgIpc) is 2.75. The van der Waals surface area contributed by atoms with Crippen molar-refractivity contribution in [3.63, 3.8) is 0 Å². The molecule has 0 saturated carbocycles. The summed E-state index contributed by atoms with van der Waals surface area (Å²) in [4.78, 5) is 15.0. The van der Waals surface area contributed by atoms with Gasteiger partial charge in [0.05, 0.1) is 18.8 Å². The molecule has 1 heterocycles. The number of carbonyl (C=O) groups excluding carboxylic acids is 1. The van der Waals surface area contributed by atoms with Crippen molar-refractivity contribution in [2.45, 2.75) is 19.1 Å². The van der Waals surface area contributed by atoms with Gasteiger partial charge in [-0.05, 0) is 24.1 Å². The maximum atomic E-state index is 12.8. The van der Waals surface area contributed by atoms with Crippen LogP contribution < -0.4 is 5.32 Å². The minimum atomic E-state index is -0.00986. The topological polar surface area (TPSA) is 41.6 Å². The van der Waals surface area contributed by atoms with Gasteiger partial charge in [0.2, 0.25) is 5.91 Å². The number of anilines is 1. The molecule has 2 atom stereocenters. The van der Waals surface area contributed by atoms with Crippen LogP contribution in [0.25, 0.3) is 11.1 Å². The average molecular weight is 386 g/mol. The maximum Gasteiger partial charge on any atom is 0.238 e. The number of nitrogens with one attached hydrogen (secondary N) is 1. The number of nitrogens with zero attached hydrogens (tertiary/aromatic N) is 1. The van der Waals surface area contributed by atoms with Gasteiger partial charge in [-0.1, -0.05) is 78.9 Å². The first-order chi connectivity index (χ1) is 14.2. The van der Waals surface area contributed by atoms with E-state index in [-0.39, 0.29) is 18.1 Å². The zero-order chi connectivity index (χ0) is 20.1. The summed E-state index contributed by atoms with van der Waals surface area (Å²) in [5, 5.41) is 3.10. The van der Waals surface area contributed by atoms with Crippen molar-refractivity contribution in [3.8, 4) is 11.1 Å². The van der Waals surface area contributed by atoms with Gasteiger partial charge in [0.15, 0.2) is 0 Å². The molecule has 3 aromatic carbocycles. The van der Waals surface area contributed by atoms with Gasteiger partial charge in [-0.15, -0.1) is 0 Å². The van der Waals surface area contributed by atoms with Crippen LogP contribution in [-0.4, -0.2) is 36.5 Å². The van der Waals surface area contributed by atoms with Gasteiger partial charge in [0, 0.05) is 24.3 Å². The predicted octanol–water partition coefficient (Wildman–Crippen LogP) is 4.75. The molecule has 4 nitrogen and oxygen atoms in total. The smallest absolute Gasteiger partial charge is 0.238 e. The molecule has 1 amide bonds. The van der Waals surface area contributed by atoms with Crippen LogP contribution in [0, 0.1) is 0 Å². The first kappa shape index (κ1) is 19.4. The van der Waals surface area contributed by atoms with Crippen LogP contribution in [0.15, 0.2) is 84.9 Å². The number of hydrogen-bond donors (Lipinski definition) is 1. The van der Waals surface area contributed by atoms with Gasteiger partial charge in [0.1, 0.15) is 0 Å². The van der Waals surface area contributed by atoms with E-state index < -0.39 is 0 Å². The normalized spacial score (nSPS) is 19.6. The fourth-order valence-electron chi connectivity index (χ4n) is 3.87. The summed E-state index contributed by atoms with van der Waals surface area (Å²) < 4.78 is 6.11. The van der Waals surface area contributed by atoms with Crippen LogP contribution in [-0.2, 0) is 9.53 Å². The second-order valence-electron chi connectivity index (χ2n) is 7.50. The number of rotatable bonds is 5. The quantitative estimate of drug-likeness (QED) is 0.688. The monoisotopic (exact) mass is 386 g/mol. The zero-order valence-electron chi connectivity index (χ0n) is 16.6. The molecule has 1 fully saturated rings. The Balaban J connectivity index is 1.44. The molecule has 148 valence electrons. The molecule has 0 aromatic heterocycles. The Labute approximate surface area is 172 Å². The summed E-state index contributed by atoms with van der Waals surface area (Å²) in [6.45, 7) is 3.87. The molecule has 4 rings (SSSR count). The van der Waals surface area contributed by atoms with Gasteiger partial charge < -0.3 is 10.1 Å². The number of carbonyl (C=O) groups is 1. The standard InChI is InChI=1S/C25H26N2O2/c1-19-16-27(17-24(29-19)21-12-6-3-7-13-21)18-25(28)26-23-15-9-8-14-22(23)20-10-4-2-5-11-20/h2-15,19,24H,16-18H2,1H3,(H,26,28). The Bertz CT molecular complexity index is 943. The number of hydrogen-bond acceptors (Lipinski definition) is 3. The van der Waals surface area contributed by atoms with Crippen molar-refractivity contribution in [1.29, 1.82) is 0 Å². The number of ether oxygens (including phenoxy) is 1. The highest BCUT2D eigenvalue weighted by Gasteiger charge is 2.27. The lowest BCUT2D eigenvalue weighted by atomic mass is 10.0. The molecule has 1 aliphatic heterocycles. The Morgan fingerprint density at radius 3 is 2.34 bits per heavy atom. The first-order valence-corrected chi connectivity index (χ1v) is 10.1. The predicted molar refractivity (Wildman–Crippen MR) is 117 cm³/mol. The Kier molecular flexibility index (Phi) is 6.03. The third-order valence-electron chi connectivity index (χ3n) is 5.16. The van der Waals surface area contributed by atoms with Crippen LogP contribution in [0.4, 0.5) is 5.69 Å². The first-order valence-electron chi connectivity index (χ1n) is 10.1. The lowest BCUT2D eigenvalue weighted by Gasteiger charge is -2.36. The van der Waals surface area contributed by atoms with Crippen LogP contribution in [0.3, 0.4) is 0 Å². The van der Waals surface area contributed by atoms with E-state index in [1.54, 1.807) is 0 Å². The largest absolute Gasteiger partial charge is 0.368 e. The van der Waals surface area contributed by atoms with E-state index in [1.807, 2.05) is 60.7 Å². The molecule has 3 aromatic rings. The van der Waals surface area contributed by atoms with E-state index in [0.29, 0.717) is 13.1 Å². The molecule has 29 heavy (non-hydrogen) atoms. The summed E-state index contributed by atoms with van der Waals surface area (Å²) in [5.41, 5.74) is 4.11. The van der Waals surface area contributed by atoms with E-state index in [2.05, 4.69) is 41.4 Å². The highest BCUT2D eigenvalue weighted by atomic mass is 16.5. The van der Waals surface area contributed by atoms with E-state index in [1.165, 1.54) is 0 Å². The van der Waals surface area contributed by atoms with Crippen molar-refractivity contribution in [1.82, 2.24) is 4.90 Å². The van der Waals surface area contributed by atoms with Crippen molar-refractivity contribution >= 4 is 11.6 Å². The fourth-order valence-corrected chi connectivity index (χ4v) is 3.87. The number of amides is 1. The molecule has 1 saturated heterocycles. The molecule has 0 bridgehead atoms. The minimum Gasteiger partial charge on any atom is -0.368 e. The van der Waals surface area contributed by atoms with Gasteiger partial charge in [-0.3, -0.25) is 9.69 Å². The van der Waals surface area contributed by atoms with Crippen molar-refractivity contribution in [3.05, 3.63) is 90.5 Å². The van der Waals surface area contributed by atoms with Crippen LogP contribution in [0.1, 0.15) is 18.6 Å². The lowest BCUT2D eigenvalue weighted by Crippen LogP contribution is -2.46. The molecular weight excluding hydrogens is 360 g/mol. The summed E-state index contributed by atoms with van der Waals surface area (Å²) in [6, 6.07) is 28.3. The highest BCUT2D eigenvalue weighted by molar-refractivity contribution is 5.96. The molecule has 1 aliphatic rings. The molecule has 0 aliphatic carbocycles. The number of morpholine rings is 1. The molecule has 0 spiro atoms. The third kappa shape index (κ3) is 4.91. The molecule has 1 N–H and O–H groups in total. The van der Waals surface area contributed by atoms with E-state index >= 15 is 0 Å². The van der Waals surface area contributed by atoms with Gasteiger partial charge >= 0.3 is 0 Å². The summed E-state index contributed by atoms with van der Waals surface area (Å²) in [6.07, 6.45) is 0.0720. The van der Waals surface area contributed by atoms with Gasteiger partial charge in [-0.25, -0.2) is 0 Å². The van der Waals surface area contributed by atoms with E-state index in [9.17, 15) is 4.79 Å². The summed E-state index contributed by atoms with van der Waals surface area (Å²) >= 11 is 0. The lowest BCUT2D eigenvalue weighted by molar-refractivity contribution is -0.122. The second kappa shape index (κ2) is 9.03. The molecular formula is C25H26N2O2. The number of benzene rings is 3. The Morgan fingerprint density at radius 2 is 1.59 bits per heavy atom. The van der Waals surface area contributed by atoms with Gasteiger partial charge in [-0.2, -0.15) is 0 Å². The second-order valence-corrected chi connectivity index (χ2v) is 7.50. The van der Waals surface area contributed by atoms with Crippen LogP contribution in [0.2, 0.25) is 0 Å². The highest BCUT2D eigenvalue weighted by Crippen LogP contribution is 2.28. The molecule has 4 heteroatoms. The Morgan fingerprint density at radius 1 is 0.931 bits per heavy atom. The maximum absolute atomic E-state index is 12.8. The molecule has 2 unspecified atom stereocenters. The fraction of sp³-hybridized carbons (Fsp3) is 0.240. The Hall–Kier alpha value is -2.95. The third-order valence-corrected chi connectivity index (χ3v) is 5.16. The van der Waals surface area contributed by atoms with Crippen molar-refractivity contribution in [2.75, 3.05) is 25.0 Å².